The molecule has 1 fully saturated rings. The summed E-state index contributed by atoms with van der Waals surface area (Å²) in [6.45, 7) is 1.34. The van der Waals surface area contributed by atoms with Crippen LogP contribution in [0.2, 0.25) is 0 Å². The van der Waals surface area contributed by atoms with Crippen LogP contribution in [0.15, 0.2) is 65.8 Å². The third-order valence-electron chi connectivity index (χ3n) is 4.65. The second-order valence-electron chi connectivity index (χ2n) is 6.75. The number of nitrogens with one attached hydrogen (secondary N) is 1. The Labute approximate surface area is 174 Å². The number of thioether (sulfide) groups is 1. The molecule has 1 N–H and O–H groups in total. The summed E-state index contributed by atoms with van der Waals surface area (Å²) < 4.78 is 5.53. The van der Waals surface area contributed by atoms with Crippen LogP contribution in [0.1, 0.15) is 12.8 Å². The Morgan fingerprint density at radius 1 is 1.00 bits per heavy atom. The summed E-state index contributed by atoms with van der Waals surface area (Å²) >= 11 is 1.29. The predicted octanol–water partition coefficient (Wildman–Crippen LogP) is 3.59. The van der Waals surface area contributed by atoms with Crippen LogP contribution in [0, 0.1) is 0 Å². The average Bonchev–Trinajstić information content (AvgIpc) is 3.31. The summed E-state index contributed by atoms with van der Waals surface area (Å²) in [6, 6.07) is 19.8. The quantitative estimate of drug-likeness (QED) is 0.604. The van der Waals surface area contributed by atoms with Gasteiger partial charge in [0.25, 0.3) is 0 Å². The normalized spacial score (nSPS) is 15.9. The van der Waals surface area contributed by atoms with Crippen LogP contribution < -0.4 is 5.32 Å². The van der Waals surface area contributed by atoms with E-state index >= 15 is 0 Å². The Hall–Kier alpha value is -2.77. The van der Waals surface area contributed by atoms with E-state index in [4.69, 9.17) is 9.72 Å². The van der Waals surface area contributed by atoms with Gasteiger partial charge in [-0.25, -0.2) is 4.98 Å². The van der Waals surface area contributed by atoms with Crippen LogP contribution in [-0.2, 0) is 9.53 Å². The van der Waals surface area contributed by atoms with Crippen molar-refractivity contribution >= 4 is 17.7 Å². The van der Waals surface area contributed by atoms with E-state index in [0.717, 1.165) is 42.0 Å². The van der Waals surface area contributed by atoms with Crippen LogP contribution in [0.5, 0.6) is 0 Å². The predicted molar refractivity (Wildman–Crippen MR) is 113 cm³/mol. The molecule has 1 atom stereocenters. The standard InChI is InChI=1S/C22H22N4O2S/c27-19(23-14-18-12-7-13-28-18)15-29-22-24-20(16-8-3-1-4-9-16)21(25-26-22)17-10-5-2-6-11-17/h1-6,8-11,18H,7,12-15H2,(H,23,27)/t18-/m0/s1. The molecule has 2 heterocycles. The van der Waals surface area contributed by atoms with Crippen LogP contribution in [-0.4, -0.2) is 46.1 Å². The van der Waals surface area contributed by atoms with Gasteiger partial charge in [-0.05, 0) is 12.8 Å². The molecule has 29 heavy (non-hydrogen) atoms. The molecule has 4 rings (SSSR count). The van der Waals surface area contributed by atoms with E-state index in [9.17, 15) is 4.79 Å². The minimum atomic E-state index is -0.0532. The Balaban J connectivity index is 1.49. The van der Waals surface area contributed by atoms with Gasteiger partial charge in [0.05, 0.1) is 11.9 Å². The lowest BCUT2D eigenvalue weighted by Crippen LogP contribution is -2.32. The summed E-state index contributed by atoms with van der Waals surface area (Å²) in [5.74, 6) is 0.190. The van der Waals surface area contributed by atoms with E-state index in [-0.39, 0.29) is 17.8 Å². The van der Waals surface area contributed by atoms with Crippen molar-refractivity contribution in [2.75, 3.05) is 18.9 Å². The minimum absolute atomic E-state index is 0.0532. The van der Waals surface area contributed by atoms with Crippen molar-refractivity contribution < 1.29 is 9.53 Å². The van der Waals surface area contributed by atoms with Gasteiger partial charge in [0.15, 0.2) is 0 Å². The van der Waals surface area contributed by atoms with Crippen molar-refractivity contribution in [2.45, 2.75) is 24.1 Å². The molecule has 1 aliphatic rings. The van der Waals surface area contributed by atoms with Gasteiger partial charge in [-0.1, -0.05) is 72.4 Å². The van der Waals surface area contributed by atoms with Crippen molar-refractivity contribution in [3.63, 3.8) is 0 Å². The first kappa shape index (κ1) is 19.5. The maximum absolute atomic E-state index is 12.2. The Morgan fingerprint density at radius 3 is 2.34 bits per heavy atom. The number of hydrogen-bond acceptors (Lipinski definition) is 6. The van der Waals surface area contributed by atoms with Crippen molar-refractivity contribution in [3.8, 4) is 22.5 Å². The van der Waals surface area contributed by atoms with Gasteiger partial charge in [0, 0.05) is 24.3 Å². The van der Waals surface area contributed by atoms with E-state index in [1.165, 1.54) is 11.8 Å². The molecule has 0 saturated carbocycles. The first-order valence-electron chi connectivity index (χ1n) is 9.66. The summed E-state index contributed by atoms with van der Waals surface area (Å²) in [7, 11) is 0. The van der Waals surface area contributed by atoms with E-state index in [2.05, 4.69) is 15.5 Å². The van der Waals surface area contributed by atoms with Crippen molar-refractivity contribution in [2.24, 2.45) is 0 Å². The molecular weight excluding hydrogens is 384 g/mol. The fourth-order valence-corrected chi connectivity index (χ4v) is 3.79. The van der Waals surface area contributed by atoms with E-state index in [1.807, 2.05) is 60.7 Å². The highest BCUT2D eigenvalue weighted by Crippen LogP contribution is 2.29. The largest absolute Gasteiger partial charge is 0.376 e. The van der Waals surface area contributed by atoms with Crippen molar-refractivity contribution in [1.82, 2.24) is 20.5 Å². The zero-order chi connectivity index (χ0) is 19.9. The lowest BCUT2D eigenvalue weighted by Gasteiger charge is -2.11. The molecule has 7 heteroatoms. The number of benzene rings is 2. The van der Waals surface area contributed by atoms with Crippen molar-refractivity contribution in [1.29, 1.82) is 0 Å². The summed E-state index contributed by atoms with van der Waals surface area (Å²) in [5.41, 5.74) is 3.40. The fourth-order valence-electron chi connectivity index (χ4n) is 3.17. The monoisotopic (exact) mass is 406 g/mol. The van der Waals surface area contributed by atoms with Crippen LogP contribution in [0.3, 0.4) is 0 Å². The molecule has 1 saturated heterocycles. The van der Waals surface area contributed by atoms with Crippen LogP contribution in [0.25, 0.3) is 22.5 Å². The number of aromatic nitrogens is 3. The van der Waals surface area contributed by atoms with E-state index in [0.29, 0.717) is 11.7 Å². The topological polar surface area (TPSA) is 77.0 Å². The Kier molecular flexibility index (Phi) is 6.49. The molecular formula is C22H22N4O2S. The summed E-state index contributed by atoms with van der Waals surface area (Å²) in [5, 5.41) is 12.1. The maximum atomic E-state index is 12.2. The van der Waals surface area contributed by atoms with Gasteiger partial charge in [0.2, 0.25) is 11.1 Å². The molecule has 0 bridgehead atoms. The zero-order valence-corrected chi connectivity index (χ0v) is 16.8. The number of nitrogens with zero attached hydrogens (tertiary/aromatic N) is 3. The van der Waals surface area contributed by atoms with Gasteiger partial charge in [-0.15, -0.1) is 10.2 Å². The summed E-state index contributed by atoms with van der Waals surface area (Å²) in [6.07, 6.45) is 2.20. The lowest BCUT2D eigenvalue weighted by atomic mass is 10.0. The van der Waals surface area contributed by atoms with Crippen LogP contribution >= 0.6 is 11.8 Å². The number of carbonyl (C=O) groups excluding carboxylic acids is 1. The number of hydrogen-bond donors (Lipinski definition) is 1. The molecule has 0 aliphatic carbocycles. The Morgan fingerprint density at radius 2 is 1.69 bits per heavy atom. The number of ether oxygens (including phenoxy) is 1. The SMILES string of the molecule is O=C(CSc1nnc(-c2ccccc2)c(-c2ccccc2)n1)NC[C@@H]1CCCO1. The Bertz CT molecular complexity index is 948. The van der Waals surface area contributed by atoms with Gasteiger partial charge in [-0.2, -0.15) is 0 Å². The molecule has 0 radical (unpaired) electrons. The second-order valence-corrected chi connectivity index (χ2v) is 7.69. The minimum Gasteiger partial charge on any atom is -0.376 e. The number of amides is 1. The first-order valence-corrected chi connectivity index (χ1v) is 10.6. The van der Waals surface area contributed by atoms with Crippen LogP contribution in [0.4, 0.5) is 0 Å². The third kappa shape index (κ3) is 5.19. The molecule has 6 nitrogen and oxygen atoms in total. The zero-order valence-electron chi connectivity index (χ0n) is 16.0. The van der Waals surface area contributed by atoms with Crippen molar-refractivity contribution in [3.05, 3.63) is 60.7 Å². The lowest BCUT2D eigenvalue weighted by molar-refractivity contribution is -0.119. The fraction of sp³-hybridized carbons (Fsp3) is 0.273. The number of carbonyl (C=O) groups is 1. The highest BCUT2D eigenvalue weighted by Gasteiger charge is 2.17. The first-order chi connectivity index (χ1) is 14.3. The molecule has 148 valence electrons. The summed E-state index contributed by atoms with van der Waals surface area (Å²) in [4.78, 5) is 16.9. The molecule has 1 aliphatic heterocycles. The smallest absolute Gasteiger partial charge is 0.230 e. The van der Waals surface area contributed by atoms with E-state index < -0.39 is 0 Å². The highest BCUT2D eigenvalue weighted by molar-refractivity contribution is 7.99. The third-order valence-corrected chi connectivity index (χ3v) is 5.48. The van der Waals surface area contributed by atoms with Gasteiger partial charge < -0.3 is 10.1 Å². The second kappa shape index (κ2) is 9.62. The highest BCUT2D eigenvalue weighted by atomic mass is 32.2. The molecule has 3 aromatic rings. The molecule has 0 unspecified atom stereocenters. The maximum Gasteiger partial charge on any atom is 0.230 e. The van der Waals surface area contributed by atoms with Gasteiger partial charge >= 0.3 is 0 Å². The molecule has 2 aromatic carbocycles. The average molecular weight is 407 g/mol. The number of rotatable bonds is 7. The molecule has 0 spiro atoms. The van der Waals surface area contributed by atoms with E-state index in [1.54, 1.807) is 0 Å². The molecule has 1 aromatic heterocycles. The van der Waals surface area contributed by atoms with Gasteiger partial charge in [-0.3, -0.25) is 4.79 Å². The van der Waals surface area contributed by atoms with Gasteiger partial charge in [0.1, 0.15) is 11.4 Å². The molecule has 1 amide bonds.